The van der Waals surface area contributed by atoms with Crippen molar-refractivity contribution in [2.24, 2.45) is 11.8 Å². The number of hydrogen-bond acceptors (Lipinski definition) is 4. The zero-order valence-corrected chi connectivity index (χ0v) is 15.1. The first-order chi connectivity index (χ1) is 9.45. The number of halogens is 1. The van der Waals surface area contributed by atoms with Crippen molar-refractivity contribution in [1.29, 1.82) is 0 Å². The summed E-state index contributed by atoms with van der Waals surface area (Å²) in [5, 5.41) is 0. The van der Waals surface area contributed by atoms with Crippen LogP contribution in [-0.2, 0) is 19.1 Å². The summed E-state index contributed by atoms with van der Waals surface area (Å²) in [4.78, 5) is 24.1. The zero-order valence-electron chi connectivity index (χ0n) is 13.0. The van der Waals surface area contributed by atoms with E-state index in [0.29, 0.717) is 13.2 Å². The topological polar surface area (TPSA) is 52.6 Å². The molecule has 20 heavy (non-hydrogen) atoms. The van der Waals surface area contributed by atoms with Crippen LogP contribution in [0.1, 0.15) is 53.4 Å². The van der Waals surface area contributed by atoms with Crippen LogP contribution < -0.4 is 0 Å². The van der Waals surface area contributed by atoms with Gasteiger partial charge in [0.15, 0.2) is 0 Å². The normalized spacial score (nSPS) is 13.9. The highest BCUT2D eigenvalue weighted by molar-refractivity contribution is 14.1. The number of unbranched alkanes of at least 4 members (excludes halogenated alkanes) is 2. The highest BCUT2D eigenvalue weighted by Crippen LogP contribution is 2.25. The molecule has 2 unspecified atom stereocenters. The second-order valence-corrected chi connectivity index (χ2v) is 6.56. The number of hydrogen-bond donors (Lipinski definition) is 0. The molecule has 0 aliphatic heterocycles. The maximum Gasteiger partial charge on any atom is 0.319 e. The zero-order chi connectivity index (χ0) is 15.5. The molecule has 0 heterocycles. The Kier molecular flexibility index (Phi) is 11.2. The Morgan fingerprint density at radius 3 is 1.80 bits per heavy atom. The molecule has 0 aliphatic carbocycles. The van der Waals surface area contributed by atoms with E-state index in [4.69, 9.17) is 9.47 Å². The van der Waals surface area contributed by atoms with Gasteiger partial charge in [0, 0.05) is 0 Å². The Morgan fingerprint density at radius 1 is 0.950 bits per heavy atom. The molecular weight excluding hydrogens is 371 g/mol. The van der Waals surface area contributed by atoms with E-state index in [2.05, 4.69) is 0 Å². The highest BCUT2D eigenvalue weighted by Gasteiger charge is 2.36. The molecule has 0 bridgehead atoms. The molecule has 0 aromatic heterocycles. The second-order valence-electron chi connectivity index (χ2n) is 5.21. The van der Waals surface area contributed by atoms with Gasteiger partial charge < -0.3 is 9.47 Å². The summed E-state index contributed by atoms with van der Waals surface area (Å²) in [5.41, 5.74) is 0. The Labute approximate surface area is 136 Å². The van der Waals surface area contributed by atoms with Gasteiger partial charge in [-0.3, -0.25) is 9.59 Å². The fourth-order valence-electron chi connectivity index (χ4n) is 1.69. The molecule has 5 heteroatoms. The van der Waals surface area contributed by atoms with Crippen LogP contribution >= 0.6 is 22.6 Å². The number of ether oxygens (including phenoxy) is 2. The highest BCUT2D eigenvalue weighted by atomic mass is 127. The number of alkyl halides is 1. The molecular formula is C15H27IO4. The first-order valence-electron chi connectivity index (χ1n) is 7.42. The lowest BCUT2D eigenvalue weighted by atomic mass is 9.92. The summed E-state index contributed by atoms with van der Waals surface area (Å²) in [5.74, 6) is -1.00. The summed E-state index contributed by atoms with van der Waals surface area (Å²) >= 11 is 2.00. The van der Waals surface area contributed by atoms with Gasteiger partial charge in [-0.1, -0.05) is 63.1 Å². The minimum absolute atomic E-state index is 0.0461. The Balaban J connectivity index is 4.48. The predicted octanol–water partition coefficient (Wildman–Crippen LogP) is 3.75. The van der Waals surface area contributed by atoms with E-state index in [1.54, 1.807) is 0 Å². The van der Waals surface area contributed by atoms with Gasteiger partial charge in [-0.15, -0.1) is 0 Å². The fourth-order valence-corrected chi connectivity index (χ4v) is 2.99. The maximum atomic E-state index is 12.1. The lowest BCUT2D eigenvalue weighted by Gasteiger charge is -2.23. The Morgan fingerprint density at radius 2 is 1.40 bits per heavy atom. The van der Waals surface area contributed by atoms with Crippen molar-refractivity contribution in [2.75, 3.05) is 13.2 Å². The Bertz CT molecular complexity index is 292. The number of carbonyl (C=O) groups excluding carboxylic acids is 2. The van der Waals surface area contributed by atoms with Crippen molar-refractivity contribution >= 4 is 34.5 Å². The van der Waals surface area contributed by atoms with Crippen LogP contribution in [-0.4, -0.2) is 29.1 Å². The van der Waals surface area contributed by atoms with E-state index in [-0.39, 0.29) is 17.9 Å². The molecule has 0 spiro atoms. The molecule has 0 aromatic rings. The summed E-state index contributed by atoms with van der Waals surface area (Å²) in [6.45, 7) is 8.78. The van der Waals surface area contributed by atoms with Gasteiger partial charge in [0.05, 0.1) is 19.1 Å². The van der Waals surface area contributed by atoms with Gasteiger partial charge in [-0.05, 0) is 18.8 Å². The molecule has 0 rings (SSSR count). The van der Waals surface area contributed by atoms with E-state index in [9.17, 15) is 9.59 Å². The molecule has 0 aromatic carbocycles. The van der Waals surface area contributed by atoms with Crippen LogP contribution in [0.3, 0.4) is 0 Å². The van der Waals surface area contributed by atoms with E-state index in [0.717, 1.165) is 25.7 Å². The predicted molar refractivity (Wildman–Crippen MR) is 87.9 cm³/mol. The fraction of sp³-hybridized carbons (Fsp3) is 0.867. The van der Waals surface area contributed by atoms with E-state index < -0.39 is 9.84 Å². The number of esters is 2. The van der Waals surface area contributed by atoms with Crippen LogP contribution in [0.5, 0.6) is 0 Å². The lowest BCUT2D eigenvalue weighted by Crippen LogP contribution is -2.36. The van der Waals surface area contributed by atoms with Crippen molar-refractivity contribution in [3.05, 3.63) is 0 Å². The first kappa shape index (κ1) is 19.7. The first-order valence-corrected chi connectivity index (χ1v) is 8.67. The minimum Gasteiger partial charge on any atom is -0.465 e. The molecule has 0 N–H and O–H groups in total. The summed E-state index contributed by atoms with van der Waals surface area (Å²) in [6, 6.07) is 0. The Hall–Kier alpha value is -0.330. The maximum absolute atomic E-state index is 12.1. The van der Waals surface area contributed by atoms with Crippen LogP contribution in [0.15, 0.2) is 0 Å². The average molecular weight is 398 g/mol. The molecule has 118 valence electrons. The van der Waals surface area contributed by atoms with Crippen LogP contribution in [0, 0.1) is 11.8 Å². The molecule has 2 atom stereocenters. The van der Waals surface area contributed by atoms with Crippen LogP contribution in [0.2, 0.25) is 0 Å². The van der Waals surface area contributed by atoms with Crippen molar-refractivity contribution in [3.8, 4) is 0 Å². The van der Waals surface area contributed by atoms with Crippen molar-refractivity contribution < 1.29 is 19.1 Å². The van der Waals surface area contributed by atoms with E-state index in [1.807, 2.05) is 50.3 Å². The molecule has 0 fully saturated rings. The smallest absolute Gasteiger partial charge is 0.319 e. The van der Waals surface area contributed by atoms with Crippen molar-refractivity contribution in [3.63, 3.8) is 0 Å². The molecule has 0 saturated carbocycles. The van der Waals surface area contributed by atoms with Gasteiger partial charge in [0.1, 0.15) is 3.92 Å². The van der Waals surface area contributed by atoms with Gasteiger partial charge in [-0.25, -0.2) is 0 Å². The minimum atomic E-state index is -0.487. The summed E-state index contributed by atoms with van der Waals surface area (Å²) in [6.07, 6.45) is 3.66. The largest absolute Gasteiger partial charge is 0.465 e. The summed E-state index contributed by atoms with van der Waals surface area (Å²) in [7, 11) is 0. The quantitative estimate of drug-likeness (QED) is 0.244. The molecule has 0 saturated heterocycles. The average Bonchev–Trinajstić information content (AvgIpc) is 2.38. The monoisotopic (exact) mass is 398 g/mol. The van der Waals surface area contributed by atoms with Crippen molar-refractivity contribution in [1.82, 2.24) is 0 Å². The SMILES string of the molecule is CCCCOC(=O)C(I)C(C(=O)OCCCC)C(C)C. The molecule has 0 amide bonds. The van der Waals surface area contributed by atoms with Crippen molar-refractivity contribution in [2.45, 2.75) is 57.3 Å². The van der Waals surface area contributed by atoms with E-state index in [1.165, 1.54) is 0 Å². The molecule has 0 aliphatic rings. The lowest BCUT2D eigenvalue weighted by molar-refractivity contribution is -0.155. The van der Waals surface area contributed by atoms with Gasteiger partial charge >= 0.3 is 11.9 Å². The third-order valence-electron chi connectivity index (χ3n) is 3.02. The second kappa shape index (κ2) is 11.3. The molecule has 4 nitrogen and oxygen atoms in total. The standard InChI is InChI=1S/C15H27IO4/c1-5-7-9-19-14(17)12(11(3)4)13(16)15(18)20-10-8-6-2/h11-13H,5-10H2,1-4H3. The van der Waals surface area contributed by atoms with Crippen LogP contribution in [0.25, 0.3) is 0 Å². The third-order valence-corrected chi connectivity index (χ3v) is 4.30. The summed E-state index contributed by atoms with van der Waals surface area (Å²) < 4.78 is 9.96. The third kappa shape index (κ3) is 7.45. The molecule has 0 radical (unpaired) electrons. The number of rotatable bonds is 10. The van der Waals surface area contributed by atoms with Gasteiger partial charge in [0.2, 0.25) is 0 Å². The van der Waals surface area contributed by atoms with Crippen LogP contribution in [0.4, 0.5) is 0 Å². The van der Waals surface area contributed by atoms with E-state index >= 15 is 0 Å². The van der Waals surface area contributed by atoms with Gasteiger partial charge in [-0.2, -0.15) is 0 Å². The van der Waals surface area contributed by atoms with Gasteiger partial charge in [0.25, 0.3) is 0 Å². The number of carbonyl (C=O) groups is 2.